The smallest absolute Gasteiger partial charge is 0.133 e. The Balaban J connectivity index is 4.02. The number of ether oxygens (including phenoxy) is 3. The summed E-state index contributed by atoms with van der Waals surface area (Å²) in [6, 6.07) is 0. The maximum absolute atomic E-state index is 5.86. The van der Waals surface area contributed by atoms with Crippen molar-refractivity contribution in [3.63, 3.8) is 0 Å². The van der Waals surface area contributed by atoms with Crippen LogP contribution in [0, 0.1) is 0 Å². The first kappa shape index (κ1) is 16.8. The van der Waals surface area contributed by atoms with Gasteiger partial charge in [-0.15, -0.1) is 0 Å². The van der Waals surface area contributed by atoms with Gasteiger partial charge in [-0.1, -0.05) is 13.8 Å². The van der Waals surface area contributed by atoms with E-state index in [1.54, 1.807) is 14.2 Å². The molecule has 2 unspecified atom stereocenters. The highest BCUT2D eigenvalue weighted by atomic mass is 16.6. The van der Waals surface area contributed by atoms with Gasteiger partial charge < -0.3 is 14.2 Å². The summed E-state index contributed by atoms with van der Waals surface area (Å²) in [7, 11) is 3.35. The van der Waals surface area contributed by atoms with Crippen LogP contribution in [0.3, 0.4) is 0 Å². The zero-order valence-corrected chi connectivity index (χ0v) is 11.6. The molecule has 0 saturated heterocycles. The summed E-state index contributed by atoms with van der Waals surface area (Å²) in [6.45, 7) is 7.16. The first-order valence-corrected chi connectivity index (χ1v) is 6.38. The predicted molar refractivity (Wildman–Crippen MR) is 69.0 cm³/mol. The van der Waals surface area contributed by atoms with Gasteiger partial charge in [0.05, 0.1) is 13.2 Å². The summed E-state index contributed by atoms with van der Waals surface area (Å²) < 4.78 is 16.1. The Morgan fingerprint density at radius 2 is 1.24 bits per heavy atom. The highest BCUT2D eigenvalue weighted by molar-refractivity contribution is 4.60. The molecule has 5 heteroatoms. The largest absolute Gasteiger partial charge is 0.381 e. The van der Waals surface area contributed by atoms with Crippen molar-refractivity contribution in [1.29, 1.82) is 0 Å². The second-order valence-corrected chi connectivity index (χ2v) is 3.93. The average molecular weight is 248 g/mol. The monoisotopic (exact) mass is 248 g/mol. The molecule has 0 amide bonds. The quantitative estimate of drug-likeness (QED) is 0.504. The van der Waals surface area contributed by atoms with Crippen LogP contribution in [0.1, 0.15) is 26.7 Å². The van der Waals surface area contributed by atoms with Crippen LogP contribution in [-0.2, 0) is 14.2 Å². The molecule has 0 aliphatic carbocycles. The van der Waals surface area contributed by atoms with E-state index in [4.69, 9.17) is 14.2 Å². The van der Waals surface area contributed by atoms with Crippen molar-refractivity contribution >= 4 is 0 Å². The van der Waals surface area contributed by atoms with Crippen LogP contribution in [0.4, 0.5) is 0 Å². The summed E-state index contributed by atoms with van der Waals surface area (Å²) in [6.07, 6.45) is 1.95. The minimum atomic E-state index is -0.0931. The number of rotatable bonds is 12. The predicted octanol–water partition coefficient (Wildman–Crippen LogP) is 0.947. The van der Waals surface area contributed by atoms with Gasteiger partial charge in [0.2, 0.25) is 0 Å². The topological polar surface area (TPSA) is 51.8 Å². The highest BCUT2D eigenvalue weighted by Gasteiger charge is 2.15. The molecule has 0 aliphatic heterocycles. The molecule has 17 heavy (non-hydrogen) atoms. The maximum Gasteiger partial charge on any atom is 0.133 e. The van der Waals surface area contributed by atoms with Gasteiger partial charge in [-0.2, -0.15) is 0 Å². The molecule has 0 radical (unpaired) electrons. The first-order chi connectivity index (χ1) is 8.28. The van der Waals surface area contributed by atoms with Gasteiger partial charge in [0.15, 0.2) is 0 Å². The standard InChI is InChI=1S/C12H28N2O3/c1-5-7-13-11(9-15-3)17-12(10-16-4)14-8-6-2/h11-14H,5-10H2,1-4H3. The van der Waals surface area contributed by atoms with Crippen LogP contribution in [0.15, 0.2) is 0 Å². The molecule has 0 saturated carbocycles. The molecule has 2 N–H and O–H groups in total. The summed E-state index contributed by atoms with van der Waals surface area (Å²) in [5.41, 5.74) is 0. The third-order valence-corrected chi connectivity index (χ3v) is 2.21. The van der Waals surface area contributed by atoms with Crippen LogP contribution in [0.2, 0.25) is 0 Å². The van der Waals surface area contributed by atoms with Crippen LogP contribution < -0.4 is 10.6 Å². The van der Waals surface area contributed by atoms with Gasteiger partial charge in [-0.25, -0.2) is 0 Å². The molecule has 0 aromatic heterocycles. The van der Waals surface area contributed by atoms with Crippen molar-refractivity contribution in [1.82, 2.24) is 10.6 Å². The fourth-order valence-corrected chi connectivity index (χ4v) is 1.40. The molecule has 0 bridgehead atoms. The number of hydrogen-bond donors (Lipinski definition) is 2. The van der Waals surface area contributed by atoms with Crippen molar-refractivity contribution in [2.45, 2.75) is 39.1 Å². The summed E-state index contributed by atoms with van der Waals surface area (Å²) >= 11 is 0. The molecule has 0 heterocycles. The Labute approximate surface area is 105 Å². The number of methoxy groups -OCH3 is 2. The van der Waals surface area contributed by atoms with E-state index in [0.717, 1.165) is 25.9 Å². The normalized spacial score (nSPS) is 14.8. The molecule has 0 aromatic carbocycles. The molecule has 0 rings (SSSR count). The zero-order chi connectivity index (χ0) is 12.9. The van der Waals surface area contributed by atoms with E-state index in [1.807, 2.05) is 0 Å². The van der Waals surface area contributed by atoms with Crippen molar-refractivity contribution in [2.24, 2.45) is 0 Å². The second kappa shape index (κ2) is 12.3. The van der Waals surface area contributed by atoms with E-state index in [0.29, 0.717) is 13.2 Å². The lowest BCUT2D eigenvalue weighted by Crippen LogP contribution is -2.46. The molecular weight excluding hydrogens is 220 g/mol. The number of hydrogen-bond acceptors (Lipinski definition) is 5. The molecule has 0 fully saturated rings. The molecule has 2 atom stereocenters. The van der Waals surface area contributed by atoms with E-state index < -0.39 is 0 Å². The average Bonchev–Trinajstić information content (AvgIpc) is 2.33. The summed E-state index contributed by atoms with van der Waals surface area (Å²) in [5, 5.41) is 6.59. The minimum absolute atomic E-state index is 0.0931. The minimum Gasteiger partial charge on any atom is -0.381 e. The second-order valence-electron chi connectivity index (χ2n) is 3.93. The molecule has 0 aromatic rings. The van der Waals surface area contributed by atoms with Crippen LogP contribution in [0.25, 0.3) is 0 Å². The van der Waals surface area contributed by atoms with Crippen LogP contribution in [0.5, 0.6) is 0 Å². The fraction of sp³-hybridized carbons (Fsp3) is 1.00. The third-order valence-electron chi connectivity index (χ3n) is 2.21. The van der Waals surface area contributed by atoms with Crippen molar-refractivity contribution < 1.29 is 14.2 Å². The van der Waals surface area contributed by atoms with Gasteiger partial charge in [0, 0.05) is 14.2 Å². The third kappa shape index (κ3) is 9.50. The Hall–Kier alpha value is -0.200. The lowest BCUT2D eigenvalue weighted by Gasteiger charge is -2.25. The Kier molecular flexibility index (Phi) is 12.1. The van der Waals surface area contributed by atoms with E-state index in [2.05, 4.69) is 24.5 Å². The fourth-order valence-electron chi connectivity index (χ4n) is 1.40. The van der Waals surface area contributed by atoms with Crippen LogP contribution >= 0.6 is 0 Å². The van der Waals surface area contributed by atoms with E-state index in [-0.39, 0.29) is 12.5 Å². The first-order valence-electron chi connectivity index (χ1n) is 6.38. The molecule has 104 valence electrons. The van der Waals surface area contributed by atoms with E-state index >= 15 is 0 Å². The number of nitrogens with one attached hydrogen (secondary N) is 2. The Bertz CT molecular complexity index is 143. The summed E-state index contributed by atoms with van der Waals surface area (Å²) in [5.74, 6) is 0. The van der Waals surface area contributed by atoms with Gasteiger partial charge in [-0.3, -0.25) is 10.6 Å². The van der Waals surface area contributed by atoms with Gasteiger partial charge in [0.25, 0.3) is 0 Å². The van der Waals surface area contributed by atoms with Crippen molar-refractivity contribution in [3.05, 3.63) is 0 Å². The SMILES string of the molecule is CCCNC(COC)OC(COC)NCCC. The summed E-state index contributed by atoms with van der Waals surface area (Å²) in [4.78, 5) is 0. The zero-order valence-electron chi connectivity index (χ0n) is 11.6. The molecule has 0 spiro atoms. The maximum atomic E-state index is 5.86. The molecular formula is C12H28N2O3. The molecule has 5 nitrogen and oxygen atoms in total. The lowest BCUT2D eigenvalue weighted by molar-refractivity contribution is -0.0989. The van der Waals surface area contributed by atoms with Gasteiger partial charge >= 0.3 is 0 Å². The Morgan fingerprint density at radius 3 is 1.53 bits per heavy atom. The van der Waals surface area contributed by atoms with E-state index in [9.17, 15) is 0 Å². The van der Waals surface area contributed by atoms with Crippen molar-refractivity contribution in [3.8, 4) is 0 Å². The Morgan fingerprint density at radius 1 is 0.824 bits per heavy atom. The lowest BCUT2D eigenvalue weighted by atomic mass is 10.4. The van der Waals surface area contributed by atoms with Crippen molar-refractivity contribution in [2.75, 3.05) is 40.5 Å². The molecule has 0 aliphatic rings. The van der Waals surface area contributed by atoms with Gasteiger partial charge in [0.1, 0.15) is 12.5 Å². The van der Waals surface area contributed by atoms with Gasteiger partial charge in [-0.05, 0) is 25.9 Å². The van der Waals surface area contributed by atoms with E-state index in [1.165, 1.54) is 0 Å². The van der Waals surface area contributed by atoms with Crippen LogP contribution in [-0.4, -0.2) is 53.0 Å². The highest BCUT2D eigenvalue weighted by Crippen LogP contribution is 1.97.